The van der Waals surface area contributed by atoms with E-state index in [4.69, 9.17) is 10.5 Å². The Bertz CT molecular complexity index is 495. The molecule has 1 aromatic carbocycles. The Labute approximate surface area is 105 Å². The van der Waals surface area contributed by atoms with Crippen molar-refractivity contribution in [1.29, 1.82) is 0 Å². The number of hydrogen-bond donors (Lipinski definition) is 2. The second-order valence-corrected chi connectivity index (χ2v) is 4.95. The molecule has 0 saturated carbocycles. The van der Waals surface area contributed by atoms with Gasteiger partial charge < -0.3 is 15.5 Å². The minimum absolute atomic E-state index is 0.173. The monoisotopic (exact) mass is 251 g/mol. The van der Waals surface area contributed by atoms with Crippen LogP contribution in [0.5, 0.6) is 5.75 Å². The molecule has 17 heavy (non-hydrogen) atoms. The fraction of sp³-hybridized carbons (Fsp3) is 0.417. The molecule has 1 heterocycles. The molecule has 2 aromatic rings. The Kier molecular flexibility index (Phi) is 3.91. The lowest BCUT2D eigenvalue weighted by atomic mass is 10.3. The molecule has 0 amide bonds. The highest BCUT2D eigenvalue weighted by Crippen LogP contribution is 2.23. The molecule has 0 saturated heterocycles. The number of imidazole rings is 1. The van der Waals surface area contributed by atoms with Crippen molar-refractivity contribution < 1.29 is 4.74 Å². The van der Waals surface area contributed by atoms with Gasteiger partial charge in [0.05, 0.1) is 17.6 Å². The number of aromatic nitrogens is 2. The fourth-order valence-corrected chi connectivity index (χ4v) is 2.27. The van der Waals surface area contributed by atoms with E-state index >= 15 is 0 Å². The number of rotatable bonds is 5. The van der Waals surface area contributed by atoms with Gasteiger partial charge in [0.15, 0.2) is 5.16 Å². The van der Waals surface area contributed by atoms with Crippen LogP contribution in [0.4, 0.5) is 0 Å². The van der Waals surface area contributed by atoms with E-state index < -0.39 is 0 Å². The van der Waals surface area contributed by atoms with Crippen LogP contribution in [0.1, 0.15) is 13.8 Å². The van der Waals surface area contributed by atoms with Gasteiger partial charge in [-0.05, 0) is 26.0 Å². The van der Waals surface area contributed by atoms with E-state index in [0.29, 0.717) is 6.61 Å². The molecule has 0 unspecified atom stereocenters. The van der Waals surface area contributed by atoms with Crippen molar-refractivity contribution in [3.63, 3.8) is 0 Å². The van der Waals surface area contributed by atoms with Crippen LogP contribution < -0.4 is 10.5 Å². The zero-order valence-corrected chi connectivity index (χ0v) is 10.9. The zero-order chi connectivity index (χ0) is 12.3. The first-order valence-corrected chi connectivity index (χ1v) is 6.68. The topological polar surface area (TPSA) is 63.9 Å². The standard InChI is InChI=1S/C12H17N3OS/c1-3-16-9-4-5-10-11(6-9)15-12(14-10)17-7-8(2)13/h4-6,8H,3,7,13H2,1-2H3,(H,14,15)/t8-/m1/s1. The van der Waals surface area contributed by atoms with Gasteiger partial charge in [-0.3, -0.25) is 0 Å². The van der Waals surface area contributed by atoms with Gasteiger partial charge in [-0.25, -0.2) is 4.98 Å². The first kappa shape index (κ1) is 12.3. The summed E-state index contributed by atoms with van der Waals surface area (Å²) < 4.78 is 5.45. The highest BCUT2D eigenvalue weighted by atomic mass is 32.2. The quantitative estimate of drug-likeness (QED) is 0.801. The van der Waals surface area contributed by atoms with Gasteiger partial charge in [-0.1, -0.05) is 11.8 Å². The molecule has 0 fully saturated rings. The van der Waals surface area contributed by atoms with Crippen LogP contribution in [-0.4, -0.2) is 28.4 Å². The molecule has 2 rings (SSSR count). The molecule has 0 aliphatic rings. The molecule has 3 N–H and O–H groups in total. The molecule has 0 spiro atoms. The first-order valence-electron chi connectivity index (χ1n) is 5.70. The predicted molar refractivity (Wildman–Crippen MR) is 71.6 cm³/mol. The molecule has 0 aliphatic carbocycles. The number of nitrogens with one attached hydrogen (secondary N) is 1. The van der Waals surface area contributed by atoms with Crippen LogP contribution in [0.25, 0.3) is 11.0 Å². The third kappa shape index (κ3) is 3.14. The van der Waals surface area contributed by atoms with Crippen molar-refractivity contribution in [2.24, 2.45) is 5.73 Å². The highest BCUT2D eigenvalue weighted by Gasteiger charge is 2.05. The second kappa shape index (κ2) is 5.42. The van der Waals surface area contributed by atoms with Gasteiger partial charge in [0.2, 0.25) is 0 Å². The summed E-state index contributed by atoms with van der Waals surface area (Å²) in [5.74, 6) is 1.73. The Morgan fingerprint density at radius 3 is 3.06 bits per heavy atom. The van der Waals surface area contributed by atoms with Crippen LogP contribution >= 0.6 is 11.8 Å². The van der Waals surface area contributed by atoms with Crippen molar-refractivity contribution in [1.82, 2.24) is 9.97 Å². The fourth-order valence-electron chi connectivity index (χ4n) is 1.50. The number of nitrogens with two attached hydrogens (primary N) is 1. The van der Waals surface area contributed by atoms with E-state index in [-0.39, 0.29) is 6.04 Å². The minimum Gasteiger partial charge on any atom is -0.494 e. The Balaban J connectivity index is 2.18. The molecule has 92 valence electrons. The van der Waals surface area contributed by atoms with Crippen molar-refractivity contribution in [3.05, 3.63) is 18.2 Å². The molecule has 4 nitrogen and oxygen atoms in total. The number of ether oxygens (including phenoxy) is 1. The summed E-state index contributed by atoms with van der Waals surface area (Å²) in [6.07, 6.45) is 0. The van der Waals surface area contributed by atoms with E-state index in [2.05, 4.69) is 9.97 Å². The number of aromatic amines is 1. The van der Waals surface area contributed by atoms with Crippen molar-refractivity contribution in [2.45, 2.75) is 25.0 Å². The van der Waals surface area contributed by atoms with E-state index in [9.17, 15) is 0 Å². The molecule has 0 radical (unpaired) electrons. The lowest BCUT2D eigenvalue weighted by Crippen LogP contribution is -2.17. The maximum atomic E-state index is 5.72. The van der Waals surface area contributed by atoms with Gasteiger partial charge >= 0.3 is 0 Å². The predicted octanol–water partition coefficient (Wildman–Crippen LogP) is 2.40. The summed E-state index contributed by atoms with van der Waals surface area (Å²) in [5.41, 5.74) is 7.68. The van der Waals surface area contributed by atoms with E-state index in [1.54, 1.807) is 11.8 Å². The zero-order valence-electron chi connectivity index (χ0n) is 10.1. The minimum atomic E-state index is 0.173. The normalized spacial score (nSPS) is 12.9. The molecule has 5 heteroatoms. The number of benzene rings is 1. The van der Waals surface area contributed by atoms with Crippen LogP contribution in [-0.2, 0) is 0 Å². The Hall–Kier alpha value is -1.20. The average molecular weight is 251 g/mol. The SMILES string of the molecule is CCOc1ccc2nc(SC[C@@H](C)N)[nH]c2c1. The summed E-state index contributed by atoms with van der Waals surface area (Å²) in [4.78, 5) is 7.75. The molecular formula is C12H17N3OS. The summed E-state index contributed by atoms with van der Waals surface area (Å²) in [6, 6.07) is 6.05. The average Bonchev–Trinajstić information content (AvgIpc) is 2.69. The highest BCUT2D eigenvalue weighted by molar-refractivity contribution is 7.99. The molecule has 0 aliphatic heterocycles. The van der Waals surface area contributed by atoms with Crippen LogP contribution in [0.2, 0.25) is 0 Å². The molecular weight excluding hydrogens is 234 g/mol. The van der Waals surface area contributed by atoms with Gasteiger partial charge in [-0.2, -0.15) is 0 Å². The molecule has 1 aromatic heterocycles. The first-order chi connectivity index (χ1) is 8.19. The number of thioether (sulfide) groups is 1. The van der Waals surface area contributed by atoms with E-state index in [1.807, 2.05) is 32.0 Å². The number of hydrogen-bond acceptors (Lipinski definition) is 4. The third-order valence-corrected chi connectivity index (χ3v) is 3.38. The summed E-state index contributed by atoms with van der Waals surface area (Å²) in [7, 11) is 0. The largest absolute Gasteiger partial charge is 0.494 e. The maximum absolute atomic E-state index is 5.72. The van der Waals surface area contributed by atoms with Gasteiger partial charge in [0.25, 0.3) is 0 Å². The van der Waals surface area contributed by atoms with Gasteiger partial charge in [-0.15, -0.1) is 0 Å². The van der Waals surface area contributed by atoms with Crippen molar-refractivity contribution >= 4 is 22.8 Å². The number of H-pyrrole nitrogens is 1. The van der Waals surface area contributed by atoms with Gasteiger partial charge in [0.1, 0.15) is 5.75 Å². The third-order valence-electron chi connectivity index (χ3n) is 2.23. The number of nitrogens with zero attached hydrogens (tertiary/aromatic N) is 1. The van der Waals surface area contributed by atoms with E-state index in [1.165, 1.54) is 0 Å². The molecule has 1 atom stereocenters. The lowest BCUT2D eigenvalue weighted by molar-refractivity contribution is 0.340. The smallest absolute Gasteiger partial charge is 0.166 e. The van der Waals surface area contributed by atoms with Crippen LogP contribution in [0.3, 0.4) is 0 Å². The second-order valence-electron chi connectivity index (χ2n) is 3.94. The van der Waals surface area contributed by atoms with Crippen molar-refractivity contribution in [3.8, 4) is 5.75 Å². The summed E-state index contributed by atoms with van der Waals surface area (Å²) in [5, 5.41) is 0.908. The summed E-state index contributed by atoms with van der Waals surface area (Å²) >= 11 is 1.64. The molecule has 0 bridgehead atoms. The number of fused-ring (bicyclic) bond motifs is 1. The Morgan fingerprint density at radius 2 is 2.35 bits per heavy atom. The summed E-state index contributed by atoms with van der Waals surface area (Å²) in [6.45, 7) is 4.63. The maximum Gasteiger partial charge on any atom is 0.166 e. The Morgan fingerprint density at radius 1 is 1.53 bits per heavy atom. The van der Waals surface area contributed by atoms with Gasteiger partial charge in [0, 0.05) is 17.9 Å². The van der Waals surface area contributed by atoms with E-state index in [0.717, 1.165) is 27.7 Å². The van der Waals surface area contributed by atoms with Crippen LogP contribution in [0.15, 0.2) is 23.4 Å². The van der Waals surface area contributed by atoms with Crippen LogP contribution in [0, 0.1) is 0 Å². The van der Waals surface area contributed by atoms with Crippen molar-refractivity contribution in [2.75, 3.05) is 12.4 Å². The lowest BCUT2D eigenvalue weighted by Gasteiger charge is -2.01.